The number of aryl methyl sites for hydroxylation is 1. The van der Waals surface area contributed by atoms with E-state index < -0.39 is 10.2 Å². The maximum atomic E-state index is 13.0. The van der Waals surface area contributed by atoms with E-state index in [9.17, 15) is 8.42 Å². The van der Waals surface area contributed by atoms with E-state index in [4.69, 9.17) is 9.47 Å². The van der Waals surface area contributed by atoms with Gasteiger partial charge in [-0.3, -0.25) is 4.98 Å². The lowest BCUT2D eigenvalue weighted by Gasteiger charge is -2.26. The summed E-state index contributed by atoms with van der Waals surface area (Å²) in [4.78, 5) is 11.0. The van der Waals surface area contributed by atoms with E-state index in [1.807, 2.05) is 71.5 Å². The second-order valence-electron chi connectivity index (χ2n) is 9.25. The Morgan fingerprint density at radius 3 is 2.26 bits per heavy atom. The van der Waals surface area contributed by atoms with E-state index in [1.165, 1.54) is 30.5 Å². The van der Waals surface area contributed by atoms with E-state index in [0.717, 1.165) is 37.7 Å². The molecule has 0 atom stereocenters. The Balaban J connectivity index is 1.65. The number of anilines is 2. The first-order valence-corrected chi connectivity index (χ1v) is 13.6. The van der Waals surface area contributed by atoms with Crippen molar-refractivity contribution >= 4 is 32.5 Å². The highest BCUT2D eigenvalue weighted by atomic mass is 32.2. The van der Waals surface area contributed by atoms with Gasteiger partial charge >= 0.3 is 10.2 Å². The van der Waals surface area contributed by atoms with Crippen molar-refractivity contribution in [3.63, 3.8) is 0 Å². The van der Waals surface area contributed by atoms with Gasteiger partial charge in [-0.1, -0.05) is 0 Å². The molecule has 3 aromatic heterocycles. The molecule has 0 amide bonds. The Labute approximate surface area is 227 Å². The number of nitrogens with zero attached hydrogens (tertiary/aromatic N) is 6. The summed E-state index contributed by atoms with van der Waals surface area (Å²) in [6.07, 6.45) is 8.85. The molecule has 0 aliphatic rings. The number of pyridine rings is 1. The highest BCUT2D eigenvalue weighted by Gasteiger charge is 2.23. The molecular weight excluding hydrogens is 516 g/mol. The van der Waals surface area contributed by atoms with Crippen LogP contribution in [0.5, 0.6) is 11.5 Å². The number of imidazole rings is 1. The second-order valence-corrected chi connectivity index (χ2v) is 11.3. The third-order valence-corrected chi connectivity index (χ3v) is 8.23. The van der Waals surface area contributed by atoms with Crippen LogP contribution in [-0.4, -0.2) is 59.5 Å². The largest absolute Gasteiger partial charge is 0.497 e. The van der Waals surface area contributed by atoms with Crippen molar-refractivity contribution in [2.24, 2.45) is 7.05 Å². The summed E-state index contributed by atoms with van der Waals surface area (Å²) in [7, 11) is 4.37. The van der Waals surface area contributed by atoms with Crippen LogP contribution in [0.15, 0.2) is 79.5 Å². The van der Waals surface area contributed by atoms with Crippen LogP contribution in [0, 0.1) is 0 Å². The van der Waals surface area contributed by atoms with Crippen LogP contribution in [-0.2, 0) is 23.8 Å². The number of rotatable bonds is 9. The van der Waals surface area contributed by atoms with Crippen molar-refractivity contribution < 1.29 is 17.9 Å². The van der Waals surface area contributed by atoms with Gasteiger partial charge < -0.3 is 18.9 Å². The summed E-state index contributed by atoms with van der Waals surface area (Å²) < 4.78 is 41.4. The monoisotopic (exact) mass is 546 g/mol. The maximum Gasteiger partial charge on any atom is 0.308 e. The average molecular weight is 547 g/mol. The molecule has 3 heterocycles. The van der Waals surface area contributed by atoms with Crippen LogP contribution in [0.1, 0.15) is 5.82 Å². The van der Waals surface area contributed by atoms with Crippen LogP contribution in [0.25, 0.3) is 22.0 Å². The Hall–Kier alpha value is -4.35. The number of aromatic nitrogens is 4. The Morgan fingerprint density at radius 2 is 1.62 bits per heavy atom. The minimum absolute atomic E-state index is 0.160. The lowest BCUT2D eigenvalue weighted by atomic mass is 10.1. The Kier molecular flexibility index (Phi) is 7.02. The summed E-state index contributed by atoms with van der Waals surface area (Å²) in [5.41, 5.74) is 4.49. The van der Waals surface area contributed by atoms with Gasteiger partial charge in [0.25, 0.3) is 0 Å². The van der Waals surface area contributed by atoms with Gasteiger partial charge in [-0.2, -0.15) is 12.7 Å². The number of hydrogen-bond acceptors (Lipinski definition) is 7. The predicted octanol–water partition coefficient (Wildman–Crippen LogP) is 4.45. The standard InChI is InChI=1S/C28H30N6O4S/c1-31(2)39(35,36)34-11-9-29-28(34)19-33(24-14-25(37-4)16-26(15-24)38-5)23-6-7-27-21(13-23)12-22(17-30-27)20-8-10-32(3)18-20/h6-18H,19H2,1-5H3. The molecule has 0 N–H and O–H groups in total. The number of benzene rings is 2. The molecule has 0 spiro atoms. The summed E-state index contributed by atoms with van der Waals surface area (Å²) >= 11 is 0. The summed E-state index contributed by atoms with van der Waals surface area (Å²) in [5, 5.41) is 0.943. The molecule has 0 saturated carbocycles. The van der Waals surface area contributed by atoms with Gasteiger partial charge in [0.2, 0.25) is 0 Å². The van der Waals surface area contributed by atoms with Crippen molar-refractivity contribution in [2.75, 3.05) is 33.2 Å². The molecule has 11 heteroatoms. The minimum atomic E-state index is -3.77. The fourth-order valence-corrected chi connectivity index (χ4v) is 5.29. The van der Waals surface area contributed by atoms with Crippen molar-refractivity contribution in [2.45, 2.75) is 6.54 Å². The van der Waals surface area contributed by atoms with Crippen molar-refractivity contribution in [1.29, 1.82) is 0 Å². The van der Waals surface area contributed by atoms with Gasteiger partial charge in [-0.25, -0.2) is 8.96 Å². The minimum Gasteiger partial charge on any atom is -0.497 e. The number of fused-ring (bicyclic) bond motifs is 1. The molecule has 10 nitrogen and oxygen atoms in total. The first kappa shape index (κ1) is 26.3. The summed E-state index contributed by atoms with van der Waals surface area (Å²) in [5.74, 6) is 1.56. The van der Waals surface area contributed by atoms with E-state index in [-0.39, 0.29) is 6.54 Å². The second kappa shape index (κ2) is 10.4. The Morgan fingerprint density at radius 1 is 0.872 bits per heavy atom. The molecule has 5 aromatic rings. The van der Waals surface area contributed by atoms with E-state index >= 15 is 0 Å². The molecule has 0 aliphatic carbocycles. The summed E-state index contributed by atoms with van der Waals surface area (Å²) in [6.45, 7) is 0.160. The lowest BCUT2D eigenvalue weighted by molar-refractivity contribution is 0.394. The van der Waals surface area contributed by atoms with E-state index in [2.05, 4.69) is 16.0 Å². The maximum absolute atomic E-state index is 13.0. The molecule has 0 unspecified atom stereocenters. The molecule has 2 aromatic carbocycles. The molecule has 0 aliphatic heterocycles. The lowest BCUT2D eigenvalue weighted by Crippen LogP contribution is -2.31. The van der Waals surface area contributed by atoms with Gasteiger partial charge in [0.1, 0.15) is 17.3 Å². The normalized spacial score (nSPS) is 11.7. The molecule has 39 heavy (non-hydrogen) atoms. The van der Waals surface area contributed by atoms with Crippen LogP contribution in [0.4, 0.5) is 11.4 Å². The van der Waals surface area contributed by atoms with Gasteiger partial charge in [-0.05, 0) is 30.3 Å². The number of ether oxygens (including phenoxy) is 2. The molecular formula is C28H30N6O4S. The number of hydrogen-bond donors (Lipinski definition) is 0. The molecule has 0 saturated heterocycles. The van der Waals surface area contributed by atoms with E-state index in [1.54, 1.807) is 20.3 Å². The van der Waals surface area contributed by atoms with Gasteiger partial charge in [0.15, 0.2) is 0 Å². The van der Waals surface area contributed by atoms with Crippen molar-refractivity contribution in [1.82, 2.24) is 22.8 Å². The van der Waals surface area contributed by atoms with Crippen LogP contribution in [0.3, 0.4) is 0 Å². The van der Waals surface area contributed by atoms with Gasteiger partial charge in [-0.15, -0.1) is 0 Å². The van der Waals surface area contributed by atoms with Gasteiger partial charge in [0, 0.05) is 98.2 Å². The first-order chi connectivity index (χ1) is 18.7. The highest BCUT2D eigenvalue weighted by Crippen LogP contribution is 2.36. The van der Waals surface area contributed by atoms with Crippen LogP contribution >= 0.6 is 0 Å². The zero-order valence-corrected chi connectivity index (χ0v) is 23.3. The smallest absolute Gasteiger partial charge is 0.308 e. The highest BCUT2D eigenvalue weighted by molar-refractivity contribution is 7.87. The molecule has 0 fully saturated rings. The summed E-state index contributed by atoms with van der Waals surface area (Å²) in [6, 6.07) is 15.6. The fourth-order valence-electron chi connectivity index (χ4n) is 4.36. The van der Waals surface area contributed by atoms with Crippen molar-refractivity contribution in [3.8, 4) is 22.6 Å². The SMILES string of the molecule is COc1cc(OC)cc(N(Cc2nccn2S(=O)(=O)N(C)C)c2ccc3ncc(-c4ccn(C)c4)cc3c2)c1. The third-order valence-electron chi connectivity index (χ3n) is 6.48. The fraction of sp³-hybridized carbons (Fsp3) is 0.214. The molecule has 202 valence electrons. The quantitative estimate of drug-likeness (QED) is 0.270. The molecule has 5 rings (SSSR count). The Bertz CT molecular complexity index is 1720. The van der Waals surface area contributed by atoms with Crippen LogP contribution < -0.4 is 14.4 Å². The zero-order valence-electron chi connectivity index (χ0n) is 22.4. The van der Waals surface area contributed by atoms with Crippen molar-refractivity contribution in [3.05, 3.63) is 85.3 Å². The molecule has 0 radical (unpaired) electrons. The topological polar surface area (TPSA) is 94.7 Å². The zero-order chi connectivity index (χ0) is 27.7. The van der Waals surface area contributed by atoms with Crippen LogP contribution in [0.2, 0.25) is 0 Å². The first-order valence-electron chi connectivity index (χ1n) is 12.2. The van der Waals surface area contributed by atoms with E-state index in [0.29, 0.717) is 17.3 Å². The number of methoxy groups -OCH3 is 2. The molecule has 0 bridgehead atoms. The third kappa shape index (κ3) is 5.18. The average Bonchev–Trinajstić information content (AvgIpc) is 3.60. The predicted molar refractivity (Wildman–Crippen MR) is 152 cm³/mol. The van der Waals surface area contributed by atoms with Gasteiger partial charge in [0.05, 0.1) is 26.3 Å².